The molecule has 0 aliphatic heterocycles. The molecule has 1 amide bonds. The summed E-state index contributed by atoms with van der Waals surface area (Å²) in [5.74, 6) is 1.28. The SMILES string of the molecule is Cc1cc(Cl)ccc1OCc1ccc(C(=O)NC(C)c2ccc(-n3cccc3)cc2)o1. The summed E-state index contributed by atoms with van der Waals surface area (Å²) < 4.78 is 13.5. The summed E-state index contributed by atoms with van der Waals surface area (Å²) >= 11 is 5.97. The summed E-state index contributed by atoms with van der Waals surface area (Å²) in [5.41, 5.74) is 3.02. The molecule has 1 unspecified atom stereocenters. The van der Waals surface area contributed by atoms with E-state index in [9.17, 15) is 4.79 Å². The van der Waals surface area contributed by atoms with Crippen LogP contribution in [0.1, 0.15) is 40.4 Å². The van der Waals surface area contributed by atoms with Crippen LogP contribution in [0.25, 0.3) is 5.69 Å². The fourth-order valence-electron chi connectivity index (χ4n) is 3.29. The van der Waals surface area contributed by atoms with Gasteiger partial charge < -0.3 is 19.0 Å². The maximum absolute atomic E-state index is 12.6. The van der Waals surface area contributed by atoms with Gasteiger partial charge in [-0.3, -0.25) is 4.79 Å². The van der Waals surface area contributed by atoms with Crippen LogP contribution in [-0.4, -0.2) is 10.5 Å². The van der Waals surface area contributed by atoms with Crippen molar-refractivity contribution >= 4 is 17.5 Å². The summed E-state index contributed by atoms with van der Waals surface area (Å²) in [4.78, 5) is 12.6. The number of nitrogens with zero attached hydrogens (tertiary/aromatic N) is 1. The Bertz CT molecular complexity index is 1160. The molecule has 0 fully saturated rings. The number of benzene rings is 2. The largest absolute Gasteiger partial charge is 0.485 e. The van der Waals surface area contributed by atoms with Gasteiger partial charge in [0.15, 0.2) is 5.76 Å². The molecule has 0 bridgehead atoms. The van der Waals surface area contributed by atoms with Crippen molar-refractivity contribution in [3.63, 3.8) is 0 Å². The van der Waals surface area contributed by atoms with Gasteiger partial charge in [-0.2, -0.15) is 0 Å². The molecule has 4 rings (SSSR count). The van der Waals surface area contributed by atoms with E-state index in [1.54, 1.807) is 18.2 Å². The van der Waals surface area contributed by atoms with Crippen LogP contribution in [0.4, 0.5) is 0 Å². The van der Waals surface area contributed by atoms with Crippen molar-refractivity contribution in [3.05, 3.63) is 107 Å². The number of aromatic nitrogens is 1. The number of furan rings is 1. The number of rotatable bonds is 7. The fraction of sp³-hybridized carbons (Fsp3) is 0.160. The lowest BCUT2D eigenvalue weighted by atomic mass is 10.1. The lowest BCUT2D eigenvalue weighted by Gasteiger charge is -2.14. The number of nitrogens with one attached hydrogen (secondary N) is 1. The van der Waals surface area contributed by atoms with Gasteiger partial charge >= 0.3 is 0 Å². The maximum Gasteiger partial charge on any atom is 0.287 e. The minimum Gasteiger partial charge on any atom is -0.485 e. The Hall–Kier alpha value is -3.44. The molecule has 0 spiro atoms. The third-order valence-corrected chi connectivity index (χ3v) is 5.27. The molecule has 5 nitrogen and oxygen atoms in total. The predicted octanol–water partition coefficient (Wildman–Crippen LogP) is 6.10. The van der Waals surface area contributed by atoms with Gasteiger partial charge in [-0.25, -0.2) is 0 Å². The minimum absolute atomic E-state index is 0.160. The van der Waals surface area contributed by atoms with E-state index in [0.29, 0.717) is 10.8 Å². The van der Waals surface area contributed by atoms with Gasteiger partial charge in [-0.05, 0) is 79.6 Å². The topological polar surface area (TPSA) is 56.4 Å². The average molecular weight is 435 g/mol. The normalized spacial score (nSPS) is 11.8. The molecule has 1 N–H and O–H groups in total. The second-order valence-electron chi connectivity index (χ2n) is 7.34. The Morgan fingerprint density at radius 3 is 2.55 bits per heavy atom. The number of carbonyl (C=O) groups excluding carboxylic acids is 1. The third kappa shape index (κ3) is 5.01. The van der Waals surface area contributed by atoms with E-state index < -0.39 is 0 Å². The van der Waals surface area contributed by atoms with Crippen molar-refractivity contribution in [2.24, 2.45) is 0 Å². The number of aryl methyl sites for hydroxylation is 1. The van der Waals surface area contributed by atoms with Crippen molar-refractivity contribution in [1.82, 2.24) is 9.88 Å². The van der Waals surface area contributed by atoms with Crippen molar-refractivity contribution < 1.29 is 13.9 Å². The van der Waals surface area contributed by atoms with Crippen LogP contribution < -0.4 is 10.1 Å². The number of hydrogen-bond acceptors (Lipinski definition) is 3. The summed E-state index contributed by atoms with van der Waals surface area (Å²) in [7, 11) is 0. The lowest BCUT2D eigenvalue weighted by Crippen LogP contribution is -2.26. The molecule has 31 heavy (non-hydrogen) atoms. The number of ether oxygens (including phenoxy) is 1. The molecule has 0 saturated carbocycles. The van der Waals surface area contributed by atoms with Crippen LogP contribution in [0.5, 0.6) is 5.75 Å². The molecule has 158 valence electrons. The van der Waals surface area contributed by atoms with Crippen molar-refractivity contribution in [2.75, 3.05) is 0 Å². The molecule has 6 heteroatoms. The zero-order chi connectivity index (χ0) is 21.8. The molecule has 0 aliphatic rings. The first kappa shape index (κ1) is 20.8. The van der Waals surface area contributed by atoms with Gasteiger partial charge in [-0.1, -0.05) is 23.7 Å². The molecule has 1 atom stereocenters. The standard InChI is InChI=1S/C25H23ClN2O3/c1-17-15-20(26)7-11-23(17)30-16-22-10-12-24(31-22)25(29)27-18(2)19-5-8-21(9-6-19)28-13-3-4-14-28/h3-15,18H,16H2,1-2H3,(H,27,29). The van der Waals surface area contributed by atoms with Crippen LogP contribution in [0.3, 0.4) is 0 Å². The smallest absolute Gasteiger partial charge is 0.287 e. The van der Waals surface area contributed by atoms with Crippen LogP contribution in [-0.2, 0) is 6.61 Å². The Balaban J connectivity index is 1.35. The molecule has 2 aromatic carbocycles. The van der Waals surface area contributed by atoms with Gasteiger partial charge in [-0.15, -0.1) is 0 Å². The lowest BCUT2D eigenvalue weighted by molar-refractivity contribution is 0.0907. The van der Waals surface area contributed by atoms with E-state index in [2.05, 4.69) is 5.32 Å². The Morgan fingerprint density at radius 2 is 1.84 bits per heavy atom. The summed E-state index contributed by atoms with van der Waals surface area (Å²) in [5, 5.41) is 3.64. The van der Waals surface area contributed by atoms with Crippen LogP contribution in [0.15, 0.2) is 83.5 Å². The second-order valence-corrected chi connectivity index (χ2v) is 7.78. The average Bonchev–Trinajstić information content (AvgIpc) is 3.46. The van der Waals surface area contributed by atoms with E-state index in [0.717, 1.165) is 22.6 Å². The number of hydrogen-bond donors (Lipinski definition) is 1. The first-order chi connectivity index (χ1) is 15.0. The van der Waals surface area contributed by atoms with E-state index >= 15 is 0 Å². The van der Waals surface area contributed by atoms with E-state index in [-0.39, 0.29) is 24.3 Å². The Kier molecular flexibility index (Phi) is 6.14. The molecular weight excluding hydrogens is 412 g/mol. The predicted molar refractivity (Wildman–Crippen MR) is 121 cm³/mol. The zero-order valence-electron chi connectivity index (χ0n) is 17.3. The van der Waals surface area contributed by atoms with Crippen LogP contribution in [0, 0.1) is 6.92 Å². The van der Waals surface area contributed by atoms with E-state index in [4.69, 9.17) is 20.8 Å². The van der Waals surface area contributed by atoms with Crippen LogP contribution in [0.2, 0.25) is 5.02 Å². The second kappa shape index (κ2) is 9.14. The first-order valence-corrected chi connectivity index (χ1v) is 10.4. The molecule has 4 aromatic rings. The highest BCUT2D eigenvalue weighted by molar-refractivity contribution is 6.30. The van der Waals surface area contributed by atoms with Gasteiger partial charge in [0.2, 0.25) is 0 Å². The van der Waals surface area contributed by atoms with Gasteiger partial charge in [0.05, 0.1) is 6.04 Å². The highest BCUT2D eigenvalue weighted by Gasteiger charge is 2.15. The minimum atomic E-state index is -0.268. The highest BCUT2D eigenvalue weighted by atomic mass is 35.5. The highest BCUT2D eigenvalue weighted by Crippen LogP contribution is 2.23. The molecule has 0 aliphatic carbocycles. The third-order valence-electron chi connectivity index (χ3n) is 5.04. The zero-order valence-corrected chi connectivity index (χ0v) is 18.1. The first-order valence-electron chi connectivity index (χ1n) is 10.0. The molecule has 2 heterocycles. The number of amides is 1. The van der Waals surface area contributed by atoms with Gasteiger partial charge in [0, 0.05) is 23.1 Å². The van der Waals surface area contributed by atoms with Gasteiger partial charge in [0.1, 0.15) is 18.1 Å². The van der Waals surface area contributed by atoms with Crippen molar-refractivity contribution in [3.8, 4) is 11.4 Å². The number of carbonyl (C=O) groups is 1. The summed E-state index contributed by atoms with van der Waals surface area (Å²) in [6.45, 7) is 4.10. The molecule has 2 aromatic heterocycles. The summed E-state index contributed by atoms with van der Waals surface area (Å²) in [6.07, 6.45) is 3.99. The quantitative estimate of drug-likeness (QED) is 0.382. The molecular formula is C25H23ClN2O3. The molecule has 0 radical (unpaired) electrons. The maximum atomic E-state index is 12.6. The Labute approximate surface area is 186 Å². The van der Waals surface area contributed by atoms with Crippen LogP contribution >= 0.6 is 11.6 Å². The Morgan fingerprint density at radius 1 is 1.10 bits per heavy atom. The number of halogens is 1. The van der Waals surface area contributed by atoms with Crippen molar-refractivity contribution in [2.45, 2.75) is 26.5 Å². The fourth-order valence-corrected chi connectivity index (χ4v) is 3.52. The van der Waals surface area contributed by atoms with Gasteiger partial charge in [0.25, 0.3) is 5.91 Å². The van der Waals surface area contributed by atoms with E-state index in [1.807, 2.05) is 79.3 Å². The summed E-state index contributed by atoms with van der Waals surface area (Å²) in [6, 6.07) is 20.7. The monoisotopic (exact) mass is 434 g/mol. The molecule has 0 saturated heterocycles. The van der Waals surface area contributed by atoms with Crippen molar-refractivity contribution in [1.29, 1.82) is 0 Å². The van der Waals surface area contributed by atoms with E-state index in [1.165, 1.54) is 0 Å².